The van der Waals surface area contributed by atoms with Gasteiger partial charge in [0.05, 0.1) is 12.7 Å². The van der Waals surface area contributed by atoms with Gasteiger partial charge in [-0.05, 0) is 39.7 Å². The van der Waals surface area contributed by atoms with E-state index in [1.165, 1.54) is 34.7 Å². The number of phosphoric ester groups is 1. The molecule has 49 heavy (non-hydrogen) atoms. The van der Waals surface area contributed by atoms with Crippen LogP contribution in [0, 0.1) is 13.8 Å². The first kappa shape index (κ1) is 39.7. The lowest BCUT2D eigenvalue weighted by molar-refractivity contribution is -0.0543. The van der Waals surface area contributed by atoms with E-state index in [-0.39, 0.29) is 22.7 Å². The van der Waals surface area contributed by atoms with E-state index < -0.39 is 59.8 Å². The summed E-state index contributed by atoms with van der Waals surface area (Å²) in [5.41, 5.74) is 0.649. The quantitative estimate of drug-likeness (QED) is 0.0604. The van der Waals surface area contributed by atoms with Crippen LogP contribution in [0.4, 0.5) is 0 Å². The highest BCUT2D eigenvalue weighted by atomic mass is 33.1. The molecule has 1 aliphatic rings. The molecular weight excluding hydrogens is 753 g/mol. The van der Waals surface area contributed by atoms with Crippen LogP contribution in [0.5, 0.6) is 0 Å². The van der Waals surface area contributed by atoms with Gasteiger partial charge in [0.25, 0.3) is 5.56 Å². The Morgan fingerprint density at radius 1 is 1.00 bits per heavy atom. The number of ether oxygens (including phenoxy) is 2. The highest BCUT2D eigenvalue weighted by Gasteiger charge is 2.43. The van der Waals surface area contributed by atoms with Gasteiger partial charge in [-0.15, -0.1) is 20.4 Å². The summed E-state index contributed by atoms with van der Waals surface area (Å²) in [6.45, 7) is 6.46. The molecule has 1 aromatic carbocycles. The third kappa shape index (κ3) is 12.3. The molecule has 0 radical (unpaired) electrons. The second kappa shape index (κ2) is 16.0. The smallest absolute Gasteiger partial charge is 0.364 e. The Morgan fingerprint density at radius 3 is 2.29 bits per heavy atom. The van der Waals surface area contributed by atoms with Crippen LogP contribution in [0.15, 0.2) is 40.1 Å². The topological polar surface area (TPSA) is 285 Å². The van der Waals surface area contributed by atoms with Crippen LogP contribution in [-0.2, 0) is 42.7 Å². The molecule has 0 aliphatic carbocycles. The van der Waals surface area contributed by atoms with Crippen molar-refractivity contribution in [3.8, 4) is 11.4 Å². The van der Waals surface area contributed by atoms with Crippen molar-refractivity contribution in [2.45, 2.75) is 63.7 Å². The molecular formula is C24H33N6O14P3S2. The van der Waals surface area contributed by atoms with Crippen LogP contribution < -0.4 is 11.2 Å². The molecule has 5 N–H and O–H groups in total. The summed E-state index contributed by atoms with van der Waals surface area (Å²) >= 11 is 0. The fraction of sp³-hybridized carbons (Fsp3) is 0.500. The number of aryl methyl sites for hydroxylation is 2. The van der Waals surface area contributed by atoms with Gasteiger partial charge in [0.1, 0.15) is 18.3 Å². The number of nitrogens with one attached hydrogen (secondary N) is 1. The lowest BCUT2D eigenvalue weighted by Crippen LogP contribution is -2.33. The Labute approximate surface area is 286 Å². The Bertz CT molecular complexity index is 1870. The van der Waals surface area contributed by atoms with Crippen molar-refractivity contribution in [1.82, 2.24) is 29.9 Å². The second-order valence-electron chi connectivity index (χ2n) is 11.2. The summed E-state index contributed by atoms with van der Waals surface area (Å²) in [6.07, 6.45) is -1.07. The maximum absolute atomic E-state index is 12.5. The molecule has 25 heteroatoms. The maximum atomic E-state index is 12.5. The molecule has 5 atom stereocenters. The zero-order chi connectivity index (χ0) is 36.2. The Morgan fingerprint density at radius 2 is 1.65 bits per heavy atom. The van der Waals surface area contributed by atoms with Crippen molar-refractivity contribution >= 4 is 45.1 Å². The van der Waals surface area contributed by atoms with Gasteiger partial charge in [0.2, 0.25) is 5.82 Å². The van der Waals surface area contributed by atoms with Gasteiger partial charge in [-0.25, -0.2) is 18.5 Å². The summed E-state index contributed by atoms with van der Waals surface area (Å²) in [7, 11) is -13.9. The monoisotopic (exact) mass is 786 g/mol. The molecule has 270 valence electrons. The molecule has 2 unspecified atom stereocenters. The summed E-state index contributed by atoms with van der Waals surface area (Å²) < 4.78 is 59.9. The van der Waals surface area contributed by atoms with Crippen LogP contribution in [0.3, 0.4) is 0 Å². The molecule has 1 aliphatic heterocycles. The first-order valence-electron chi connectivity index (χ1n) is 14.0. The number of hydrogen-bond donors (Lipinski definition) is 5. The van der Waals surface area contributed by atoms with Crippen molar-refractivity contribution in [3.63, 3.8) is 0 Å². The number of aromatic amines is 1. The van der Waals surface area contributed by atoms with E-state index in [0.29, 0.717) is 18.1 Å². The molecule has 0 amide bonds. The van der Waals surface area contributed by atoms with Crippen LogP contribution in [0.2, 0.25) is 0 Å². The summed E-state index contributed by atoms with van der Waals surface area (Å²) in [6, 6.07) is 7.69. The van der Waals surface area contributed by atoms with Crippen molar-refractivity contribution < 1.29 is 55.9 Å². The fourth-order valence-corrected chi connectivity index (χ4v) is 9.75. The molecule has 0 spiro atoms. The third-order valence-electron chi connectivity index (χ3n) is 6.49. The molecule has 2 aromatic heterocycles. The van der Waals surface area contributed by atoms with Gasteiger partial charge in [0.15, 0.2) is 5.82 Å². The van der Waals surface area contributed by atoms with E-state index in [1.54, 1.807) is 6.92 Å². The van der Waals surface area contributed by atoms with Crippen molar-refractivity contribution in [2.24, 2.45) is 0 Å². The SMILES string of the molecule is Cc1nnc(-c2ccc(CC(C)(C)SSCO[C@@H]3C[C@H](n4cc(C)c(=O)[nH]c4=O)O[C@@H]3COP(=O)(O)OP(=O)(O)OP(=O)(O)O)cc2)nn1. The number of nitrogens with zero attached hydrogens (tertiary/aromatic N) is 5. The number of phosphoric acid groups is 3. The predicted octanol–water partition coefficient (Wildman–Crippen LogP) is 2.78. The van der Waals surface area contributed by atoms with Crippen LogP contribution in [0.25, 0.3) is 11.4 Å². The summed E-state index contributed by atoms with van der Waals surface area (Å²) in [5.74, 6) is 0.973. The average molecular weight is 787 g/mol. The maximum Gasteiger partial charge on any atom is 0.490 e. The van der Waals surface area contributed by atoms with Gasteiger partial charge < -0.3 is 29.0 Å². The van der Waals surface area contributed by atoms with E-state index >= 15 is 0 Å². The number of rotatable bonds is 16. The van der Waals surface area contributed by atoms with Crippen molar-refractivity contribution in [1.29, 1.82) is 0 Å². The minimum atomic E-state index is -5.74. The summed E-state index contributed by atoms with van der Waals surface area (Å²) in [5, 5.41) is 15.9. The van der Waals surface area contributed by atoms with Gasteiger partial charge in [-0.1, -0.05) is 45.9 Å². The zero-order valence-electron chi connectivity index (χ0n) is 26.2. The van der Waals surface area contributed by atoms with Gasteiger partial charge in [-0.3, -0.25) is 18.9 Å². The molecule has 1 fully saturated rings. The van der Waals surface area contributed by atoms with E-state index in [1.807, 2.05) is 38.1 Å². The number of hydrogen-bond acceptors (Lipinski definition) is 16. The molecule has 0 saturated carbocycles. The highest BCUT2D eigenvalue weighted by molar-refractivity contribution is 8.77. The number of H-pyrrole nitrogens is 1. The Balaban J connectivity index is 1.37. The second-order valence-corrected chi connectivity index (χ2v) is 18.5. The summed E-state index contributed by atoms with van der Waals surface area (Å²) in [4.78, 5) is 63.4. The van der Waals surface area contributed by atoms with Gasteiger partial charge >= 0.3 is 29.2 Å². The van der Waals surface area contributed by atoms with Crippen molar-refractivity contribution in [3.05, 3.63) is 68.3 Å². The minimum absolute atomic E-state index is 0.0204. The van der Waals surface area contributed by atoms with E-state index in [4.69, 9.17) is 23.8 Å². The Hall–Kier alpha value is -2.13. The number of aromatic nitrogens is 6. The Kier molecular flexibility index (Phi) is 13.0. The minimum Gasteiger partial charge on any atom is -0.364 e. The molecule has 4 rings (SSSR count). The van der Waals surface area contributed by atoms with Crippen LogP contribution in [0.1, 0.15) is 43.4 Å². The van der Waals surface area contributed by atoms with Crippen LogP contribution >= 0.6 is 45.1 Å². The fourth-order valence-electron chi connectivity index (χ4n) is 4.45. The molecule has 0 bridgehead atoms. The molecule has 3 aromatic rings. The van der Waals surface area contributed by atoms with Crippen LogP contribution in [-0.4, -0.2) is 79.0 Å². The molecule has 20 nitrogen and oxygen atoms in total. The zero-order valence-corrected chi connectivity index (χ0v) is 30.5. The lowest BCUT2D eigenvalue weighted by Gasteiger charge is -2.24. The average Bonchev–Trinajstić information content (AvgIpc) is 3.38. The van der Waals surface area contributed by atoms with Gasteiger partial charge in [0, 0.05) is 28.5 Å². The molecule has 1 saturated heterocycles. The highest BCUT2D eigenvalue weighted by Crippen LogP contribution is 2.66. The van der Waals surface area contributed by atoms with E-state index in [9.17, 15) is 33.1 Å². The molecule has 3 heterocycles. The largest absolute Gasteiger partial charge is 0.490 e. The number of benzene rings is 1. The lowest BCUT2D eigenvalue weighted by atomic mass is 10.0. The van der Waals surface area contributed by atoms with Gasteiger partial charge in [-0.2, -0.15) is 8.62 Å². The first-order valence-corrected chi connectivity index (χ1v) is 20.9. The predicted molar refractivity (Wildman–Crippen MR) is 175 cm³/mol. The van der Waals surface area contributed by atoms with E-state index in [2.05, 4.69) is 34.0 Å². The third-order valence-corrected chi connectivity index (χ3v) is 13.2. The standard InChI is InChI=1S/C24H33N6O14P3S2/c1-14-11-30(23(32)25-22(14)31)20-9-18(19(42-20)12-41-46(36,37)44-47(38,39)43-45(33,34)35)40-13-48-49-24(3,4)10-16-5-7-17(8-6-16)21-28-26-15(2)27-29-21/h5-8,11,18-20H,9-10,12-13H2,1-4H3,(H,36,37)(H,38,39)(H,25,31,32)(H2,33,34,35)/t18-,19-,20-/m1/s1. The van der Waals surface area contributed by atoms with E-state index in [0.717, 1.165) is 15.7 Å². The normalized spacial score (nSPS) is 20.9. The first-order chi connectivity index (χ1) is 22.7. The van der Waals surface area contributed by atoms with Crippen molar-refractivity contribution in [2.75, 3.05) is 12.5 Å².